The first-order chi connectivity index (χ1) is 11.2. The van der Waals surface area contributed by atoms with Crippen molar-refractivity contribution in [3.63, 3.8) is 0 Å². The maximum Gasteiger partial charge on any atom is 0.446 e. The molecular formula is C13H9F3N4O2S2. The van der Waals surface area contributed by atoms with Crippen LogP contribution in [0.2, 0.25) is 0 Å². The van der Waals surface area contributed by atoms with Gasteiger partial charge in [0, 0.05) is 11.1 Å². The maximum absolute atomic E-state index is 12.3. The number of halogens is 3. The van der Waals surface area contributed by atoms with Crippen LogP contribution in [0.5, 0.6) is 0 Å². The van der Waals surface area contributed by atoms with E-state index in [1.54, 1.807) is 24.4 Å². The molecule has 0 atom stereocenters. The molecule has 0 aliphatic rings. The molecule has 0 spiro atoms. The number of alkyl halides is 3. The number of hydrogen-bond donors (Lipinski definition) is 1. The lowest BCUT2D eigenvalue weighted by Crippen LogP contribution is -2.15. The van der Waals surface area contributed by atoms with Gasteiger partial charge in [-0.3, -0.25) is 4.40 Å². The Kier molecular flexibility index (Phi) is 4.13. The quantitative estimate of drug-likeness (QED) is 0.710. The molecule has 0 fully saturated rings. The Morgan fingerprint density at radius 2 is 1.75 bits per heavy atom. The lowest BCUT2D eigenvalue weighted by atomic mass is 10.4. The van der Waals surface area contributed by atoms with Gasteiger partial charge >= 0.3 is 5.51 Å². The number of thioether (sulfide) groups is 1. The summed E-state index contributed by atoms with van der Waals surface area (Å²) in [5.41, 5.74) is -3.98. The van der Waals surface area contributed by atoms with Gasteiger partial charge in [0.1, 0.15) is 0 Å². The minimum atomic E-state index is -4.43. The average Bonchev–Trinajstić information content (AvgIpc) is 2.89. The molecule has 0 radical (unpaired) electrons. The SMILES string of the molecule is O=S(=O)(Nc1nnc2ccccn12)c1ccc(SC(F)(F)F)cc1. The highest BCUT2D eigenvalue weighted by Gasteiger charge is 2.29. The Morgan fingerprint density at radius 1 is 1.04 bits per heavy atom. The molecule has 6 nitrogen and oxygen atoms in total. The predicted molar refractivity (Wildman–Crippen MR) is 82.1 cm³/mol. The second kappa shape index (κ2) is 5.98. The number of nitrogens with one attached hydrogen (secondary N) is 1. The molecule has 0 aliphatic carbocycles. The van der Waals surface area contributed by atoms with Crippen LogP contribution >= 0.6 is 11.8 Å². The zero-order chi connectivity index (χ0) is 17.4. The zero-order valence-corrected chi connectivity index (χ0v) is 13.4. The summed E-state index contributed by atoms with van der Waals surface area (Å²) >= 11 is -0.314. The van der Waals surface area contributed by atoms with E-state index in [1.807, 2.05) is 0 Å². The monoisotopic (exact) mass is 374 g/mol. The smallest absolute Gasteiger partial charge is 0.268 e. The van der Waals surface area contributed by atoms with Crippen LogP contribution in [0, 0.1) is 0 Å². The number of hydrogen-bond acceptors (Lipinski definition) is 5. The van der Waals surface area contributed by atoms with Gasteiger partial charge in [-0.2, -0.15) is 13.2 Å². The van der Waals surface area contributed by atoms with Gasteiger partial charge in [-0.25, -0.2) is 13.1 Å². The molecule has 3 aromatic rings. The fraction of sp³-hybridized carbons (Fsp3) is 0.0769. The first-order valence-electron chi connectivity index (χ1n) is 6.43. The highest BCUT2D eigenvalue weighted by molar-refractivity contribution is 8.00. The van der Waals surface area contributed by atoms with Crippen molar-refractivity contribution in [2.75, 3.05) is 4.72 Å². The van der Waals surface area contributed by atoms with Crippen molar-refractivity contribution in [1.29, 1.82) is 0 Å². The van der Waals surface area contributed by atoms with Crippen LogP contribution in [0.15, 0.2) is 58.5 Å². The first-order valence-corrected chi connectivity index (χ1v) is 8.73. The van der Waals surface area contributed by atoms with Crippen LogP contribution in [0.3, 0.4) is 0 Å². The summed E-state index contributed by atoms with van der Waals surface area (Å²) in [4.78, 5) is -0.281. The van der Waals surface area contributed by atoms with E-state index < -0.39 is 15.5 Å². The van der Waals surface area contributed by atoms with E-state index >= 15 is 0 Å². The summed E-state index contributed by atoms with van der Waals surface area (Å²) in [6, 6.07) is 9.42. The number of nitrogens with zero attached hydrogens (tertiary/aromatic N) is 3. The van der Waals surface area contributed by atoms with Crippen LogP contribution in [0.1, 0.15) is 0 Å². The van der Waals surface area contributed by atoms with Gasteiger partial charge in [0.25, 0.3) is 10.0 Å². The summed E-state index contributed by atoms with van der Waals surface area (Å²) in [5, 5.41) is 7.55. The van der Waals surface area contributed by atoms with Gasteiger partial charge in [-0.1, -0.05) is 6.07 Å². The molecule has 0 aliphatic heterocycles. The molecular weight excluding hydrogens is 365 g/mol. The normalized spacial score (nSPS) is 12.5. The van der Waals surface area contributed by atoms with Crippen LogP contribution in [0.4, 0.5) is 19.1 Å². The topological polar surface area (TPSA) is 76.4 Å². The molecule has 0 saturated carbocycles. The standard InChI is InChI=1S/C13H9F3N4O2S2/c14-13(15,16)23-9-4-6-10(7-5-9)24(21,22)19-12-18-17-11-3-1-2-8-20(11)12/h1-8H,(H,18,19). The van der Waals surface area contributed by atoms with Crippen molar-refractivity contribution >= 4 is 33.4 Å². The van der Waals surface area contributed by atoms with E-state index in [0.717, 1.165) is 24.3 Å². The molecule has 2 aromatic heterocycles. The Balaban J connectivity index is 1.85. The van der Waals surface area contributed by atoms with Crippen LogP contribution in [-0.4, -0.2) is 28.5 Å². The molecule has 126 valence electrons. The fourth-order valence-electron chi connectivity index (χ4n) is 1.91. The number of sulfonamides is 1. The van der Waals surface area contributed by atoms with E-state index in [4.69, 9.17) is 0 Å². The fourth-order valence-corrected chi connectivity index (χ4v) is 3.44. The molecule has 1 N–H and O–H groups in total. The van der Waals surface area contributed by atoms with Crippen molar-refractivity contribution in [2.45, 2.75) is 15.3 Å². The van der Waals surface area contributed by atoms with Crippen molar-refractivity contribution in [3.8, 4) is 0 Å². The van der Waals surface area contributed by atoms with Crippen molar-refractivity contribution < 1.29 is 21.6 Å². The van der Waals surface area contributed by atoms with Crippen molar-refractivity contribution in [3.05, 3.63) is 48.7 Å². The summed E-state index contributed by atoms with van der Waals surface area (Å²) < 4.78 is 65.2. The first kappa shape index (κ1) is 16.6. The third kappa shape index (κ3) is 3.62. The number of aromatic nitrogens is 3. The number of anilines is 1. The largest absolute Gasteiger partial charge is 0.446 e. The zero-order valence-electron chi connectivity index (χ0n) is 11.7. The molecule has 0 bridgehead atoms. The number of pyridine rings is 1. The minimum Gasteiger partial charge on any atom is -0.268 e. The predicted octanol–water partition coefficient (Wildman–Crippen LogP) is 3.14. The number of rotatable bonds is 4. The minimum absolute atomic E-state index is 0.0145. The summed E-state index contributed by atoms with van der Waals surface area (Å²) in [5.74, 6) is -0.0145. The maximum atomic E-state index is 12.3. The van der Waals surface area contributed by atoms with Gasteiger partial charge < -0.3 is 0 Å². The molecule has 2 heterocycles. The second-order valence-electron chi connectivity index (χ2n) is 4.58. The molecule has 0 saturated heterocycles. The van der Waals surface area contributed by atoms with Gasteiger partial charge in [0.05, 0.1) is 4.90 Å². The highest BCUT2D eigenvalue weighted by atomic mass is 32.2. The van der Waals surface area contributed by atoms with E-state index in [-0.39, 0.29) is 27.5 Å². The highest BCUT2D eigenvalue weighted by Crippen LogP contribution is 2.37. The van der Waals surface area contributed by atoms with E-state index in [1.165, 1.54) is 4.40 Å². The van der Waals surface area contributed by atoms with Crippen molar-refractivity contribution in [2.24, 2.45) is 0 Å². The van der Waals surface area contributed by atoms with Gasteiger partial charge in [0.15, 0.2) is 5.65 Å². The lowest BCUT2D eigenvalue weighted by Gasteiger charge is -2.08. The summed E-state index contributed by atoms with van der Waals surface area (Å²) in [6.07, 6.45) is 1.58. The molecule has 1 aromatic carbocycles. The molecule has 0 amide bonds. The van der Waals surface area contributed by atoms with Crippen LogP contribution < -0.4 is 4.72 Å². The van der Waals surface area contributed by atoms with Crippen LogP contribution in [-0.2, 0) is 10.0 Å². The Hall–Kier alpha value is -2.27. The number of benzene rings is 1. The molecule has 11 heteroatoms. The average molecular weight is 374 g/mol. The van der Waals surface area contributed by atoms with Gasteiger partial charge in [-0.05, 0) is 48.2 Å². The van der Waals surface area contributed by atoms with E-state index in [2.05, 4.69) is 14.9 Å². The van der Waals surface area contributed by atoms with Gasteiger partial charge in [0.2, 0.25) is 5.95 Å². The summed E-state index contributed by atoms with van der Waals surface area (Å²) in [7, 11) is -4.00. The molecule has 24 heavy (non-hydrogen) atoms. The Morgan fingerprint density at radius 3 is 2.42 bits per heavy atom. The van der Waals surface area contributed by atoms with Gasteiger partial charge in [-0.15, -0.1) is 10.2 Å². The Labute approximate surface area is 138 Å². The van der Waals surface area contributed by atoms with Crippen LogP contribution in [0.25, 0.3) is 5.65 Å². The summed E-state index contributed by atoms with van der Waals surface area (Å²) in [6.45, 7) is 0. The molecule has 3 rings (SSSR count). The second-order valence-corrected chi connectivity index (χ2v) is 7.40. The lowest BCUT2D eigenvalue weighted by molar-refractivity contribution is -0.0328. The third-order valence-electron chi connectivity index (χ3n) is 2.91. The van der Waals surface area contributed by atoms with Crippen molar-refractivity contribution in [1.82, 2.24) is 14.6 Å². The van der Waals surface area contributed by atoms with E-state index in [0.29, 0.717) is 5.65 Å². The molecule has 0 unspecified atom stereocenters. The van der Waals surface area contributed by atoms with E-state index in [9.17, 15) is 21.6 Å². The third-order valence-corrected chi connectivity index (χ3v) is 4.99. The number of fused-ring (bicyclic) bond motifs is 1. The Bertz CT molecular complexity index is 969.